The normalized spacial score (nSPS) is 29.8. The number of hydrogen-bond donors (Lipinski definition) is 1. The van der Waals surface area contributed by atoms with E-state index >= 15 is 0 Å². The molecule has 0 aliphatic carbocycles. The summed E-state index contributed by atoms with van der Waals surface area (Å²) in [5.74, 6) is -2.56. The zero-order chi connectivity index (χ0) is 28.2. The summed E-state index contributed by atoms with van der Waals surface area (Å²) >= 11 is 0. The number of ether oxygens (including phenoxy) is 2. The van der Waals surface area contributed by atoms with E-state index in [4.69, 9.17) is 9.47 Å². The molecular formula is C31H44N2O6. The predicted octanol–water partition coefficient (Wildman–Crippen LogP) is 3.51. The van der Waals surface area contributed by atoms with Crippen LogP contribution in [-0.2, 0) is 30.3 Å². The van der Waals surface area contributed by atoms with Gasteiger partial charge >= 0.3 is 5.97 Å². The number of unbranched alkanes of at least 4 members (excludes halogenated alkanes) is 2. The molecule has 0 saturated carbocycles. The Balaban J connectivity index is 1.80. The molecule has 214 valence electrons. The van der Waals surface area contributed by atoms with E-state index in [1.165, 1.54) is 0 Å². The van der Waals surface area contributed by atoms with Crippen LogP contribution in [-0.4, -0.2) is 82.3 Å². The first-order valence-electron chi connectivity index (χ1n) is 14.6. The molecule has 3 saturated heterocycles. The Morgan fingerprint density at radius 2 is 1.97 bits per heavy atom. The van der Waals surface area contributed by atoms with Gasteiger partial charge in [-0.05, 0) is 44.6 Å². The molecule has 3 aliphatic rings. The monoisotopic (exact) mass is 540 g/mol. The Kier molecular flexibility index (Phi) is 9.17. The second-order valence-electron chi connectivity index (χ2n) is 11.1. The van der Waals surface area contributed by atoms with Gasteiger partial charge in [0.2, 0.25) is 11.8 Å². The summed E-state index contributed by atoms with van der Waals surface area (Å²) in [5.41, 5.74) is -1.03. The summed E-state index contributed by atoms with van der Waals surface area (Å²) in [4.78, 5) is 45.6. The molecule has 0 radical (unpaired) electrons. The summed E-state index contributed by atoms with van der Waals surface area (Å²) < 4.78 is 12.3. The second kappa shape index (κ2) is 12.2. The summed E-state index contributed by atoms with van der Waals surface area (Å²) in [6.45, 7) is 10.5. The molecule has 3 heterocycles. The average Bonchev–Trinajstić information content (AvgIpc) is 3.55. The lowest BCUT2D eigenvalue weighted by molar-refractivity contribution is -0.163. The van der Waals surface area contributed by atoms with Crippen molar-refractivity contribution in [3.63, 3.8) is 0 Å². The Morgan fingerprint density at radius 1 is 1.23 bits per heavy atom. The SMILES string of the molecule is C=CCN(CCCCC)C(=O)C1N([C@@H](CO)Cc2ccccc2)C(=O)[C@@H]2[C@H](C(=O)OCC)[C@]3(CC)CCC12O3. The third-order valence-corrected chi connectivity index (χ3v) is 9.00. The molecule has 39 heavy (non-hydrogen) atoms. The molecule has 2 unspecified atom stereocenters. The molecule has 1 N–H and O–H groups in total. The number of carbonyl (C=O) groups excluding carboxylic acids is 3. The third kappa shape index (κ3) is 5.02. The number of fused-ring (bicyclic) bond motifs is 1. The molecule has 3 aliphatic heterocycles. The molecule has 2 bridgehead atoms. The quantitative estimate of drug-likeness (QED) is 0.220. The van der Waals surface area contributed by atoms with Crippen molar-refractivity contribution in [1.82, 2.24) is 9.80 Å². The summed E-state index contributed by atoms with van der Waals surface area (Å²) in [5, 5.41) is 10.6. The van der Waals surface area contributed by atoms with Crippen LogP contribution in [0.3, 0.4) is 0 Å². The minimum absolute atomic E-state index is 0.201. The van der Waals surface area contributed by atoms with Gasteiger partial charge in [0.25, 0.3) is 0 Å². The lowest BCUT2D eigenvalue weighted by Crippen LogP contribution is -2.59. The van der Waals surface area contributed by atoms with Crippen LogP contribution in [0.15, 0.2) is 43.0 Å². The second-order valence-corrected chi connectivity index (χ2v) is 11.1. The van der Waals surface area contributed by atoms with E-state index in [1.807, 2.05) is 37.3 Å². The van der Waals surface area contributed by atoms with Gasteiger partial charge in [0.15, 0.2) is 0 Å². The zero-order valence-corrected chi connectivity index (χ0v) is 23.6. The molecule has 8 nitrogen and oxygen atoms in total. The smallest absolute Gasteiger partial charge is 0.312 e. The molecule has 0 aromatic heterocycles. The molecular weight excluding hydrogens is 496 g/mol. The Morgan fingerprint density at radius 3 is 2.59 bits per heavy atom. The van der Waals surface area contributed by atoms with E-state index in [-0.39, 0.29) is 25.0 Å². The van der Waals surface area contributed by atoms with Crippen LogP contribution < -0.4 is 0 Å². The largest absolute Gasteiger partial charge is 0.466 e. The maximum Gasteiger partial charge on any atom is 0.312 e. The lowest BCUT2D eigenvalue weighted by atomic mass is 9.65. The molecule has 2 amide bonds. The summed E-state index contributed by atoms with van der Waals surface area (Å²) in [7, 11) is 0. The predicted molar refractivity (Wildman–Crippen MR) is 148 cm³/mol. The lowest BCUT2D eigenvalue weighted by Gasteiger charge is -2.39. The van der Waals surface area contributed by atoms with Gasteiger partial charge in [0.05, 0.1) is 30.8 Å². The summed E-state index contributed by atoms with van der Waals surface area (Å²) in [6, 6.07) is 8.06. The highest BCUT2D eigenvalue weighted by atomic mass is 16.6. The maximum absolute atomic E-state index is 14.5. The number of carbonyl (C=O) groups is 3. The first kappa shape index (κ1) is 29.3. The Hall–Kier alpha value is -2.71. The van der Waals surface area contributed by atoms with E-state index in [1.54, 1.807) is 22.8 Å². The Bertz CT molecular complexity index is 1050. The highest BCUT2D eigenvalue weighted by molar-refractivity contribution is 5.98. The van der Waals surface area contributed by atoms with Crippen LogP contribution in [0.1, 0.15) is 64.9 Å². The Labute approximate surface area is 232 Å². The molecule has 1 spiro atoms. The molecule has 6 atom stereocenters. The van der Waals surface area contributed by atoms with Crippen LogP contribution in [0, 0.1) is 11.8 Å². The van der Waals surface area contributed by atoms with Gasteiger partial charge in [0.1, 0.15) is 17.6 Å². The molecule has 1 aromatic rings. The minimum Gasteiger partial charge on any atom is -0.466 e. The van der Waals surface area contributed by atoms with Gasteiger partial charge < -0.3 is 24.4 Å². The summed E-state index contributed by atoms with van der Waals surface area (Å²) in [6.07, 6.45) is 6.55. The van der Waals surface area contributed by atoms with Gasteiger partial charge in [-0.25, -0.2) is 0 Å². The van der Waals surface area contributed by atoms with Crippen molar-refractivity contribution < 1.29 is 29.0 Å². The van der Waals surface area contributed by atoms with Crippen LogP contribution in [0.4, 0.5) is 0 Å². The van der Waals surface area contributed by atoms with Crippen molar-refractivity contribution in [2.75, 3.05) is 26.3 Å². The number of aliphatic hydroxyl groups excluding tert-OH is 1. The van der Waals surface area contributed by atoms with E-state index in [2.05, 4.69) is 13.5 Å². The van der Waals surface area contributed by atoms with Gasteiger partial charge in [-0.3, -0.25) is 14.4 Å². The zero-order valence-electron chi connectivity index (χ0n) is 23.6. The number of esters is 1. The van der Waals surface area contributed by atoms with E-state index in [0.717, 1.165) is 24.8 Å². The van der Waals surface area contributed by atoms with Crippen molar-refractivity contribution in [3.8, 4) is 0 Å². The first-order chi connectivity index (χ1) is 18.8. The van der Waals surface area contributed by atoms with Crippen LogP contribution >= 0.6 is 0 Å². The van der Waals surface area contributed by atoms with Gasteiger partial charge in [-0.15, -0.1) is 6.58 Å². The average molecular weight is 541 g/mol. The number of nitrogens with zero attached hydrogens (tertiary/aromatic N) is 2. The fourth-order valence-corrected chi connectivity index (χ4v) is 7.23. The molecule has 3 fully saturated rings. The van der Waals surface area contributed by atoms with Gasteiger partial charge in [-0.1, -0.05) is 63.1 Å². The van der Waals surface area contributed by atoms with Gasteiger partial charge in [-0.2, -0.15) is 0 Å². The van der Waals surface area contributed by atoms with Crippen molar-refractivity contribution in [2.45, 2.75) is 89.0 Å². The van der Waals surface area contributed by atoms with Crippen LogP contribution in [0.5, 0.6) is 0 Å². The molecule has 8 heteroatoms. The highest BCUT2D eigenvalue weighted by Crippen LogP contribution is 2.64. The number of hydrogen-bond acceptors (Lipinski definition) is 6. The molecule has 4 rings (SSSR count). The van der Waals surface area contributed by atoms with E-state index in [9.17, 15) is 19.5 Å². The number of likely N-dealkylation sites (tertiary alicyclic amines) is 1. The number of rotatable bonds is 14. The number of amides is 2. The van der Waals surface area contributed by atoms with E-state index in [0.29, 0.717) is 38.8 Å². The first-order valence-corrected chi connectivity index (χ1v) is 14.6. The highest BCUT2D eigenvalue weighted by Gasteiger charge is 2.79. The number of benzene rings is 1. The van der Waals surface area contributed by atoms with Crippen molar-refractivity contribution in [2.24, 2.45) is 11.8 Å². The number of aliphatic hydroxyl groups is 1. The van der Waals surface area contributed by atoms with Crippen LogP contribution in [0.25, 0.3) is 0 Å². The minimum atomic E-state index is -1.14. The van der Waals surface area contributed by atoms with Crippen molar-refractivity contribution in [1.29, 1.82) is 0 Å². The van der Waals surface area contributed by atoms with Crippen molar-refractivity contribution in [3.05, 3.63) is 48.6 Å². The fraction of sp³-hybridized carbons (Fsp3) is 0.645. The van der Waals surface area contributed by atoms with Crippen molar-refractivity contribution >= 4 is 17.8 Å². The molecule has 1 aromatic carbocycles. The standard InChI is InChI=1S/C31H44N2O6/c1-5-9-13-19-32(18-6-2)28(36)26-31-17-16-30(7-3,39-31)25(29(37)38-8-4)24(31)27(35)33(26)23(21-34)20-22-14-11-10-12-15-22/h6,10-12,14-15,23-26,34H,2,5,7-9,13,16-21H2,1,3-4H3/t23-,24+,25-,26?,30+,31?/m1/s1. The van der Waals surface area contributed by atoms with Gasteiger partial charge in [0, 0.05) is 13.1 Å². The van der Waals surface area contributed by atoms with Crippen LogP contribution in [0.2, 0.25) is 0 Å². The topological polar surface area (TPSA) is 96.4 Å². The maximum atomic E-state index is 14.5. The van der Waals surface area contributed by atoms with E-state index < -0.39 is 41.1 Å². The third-order valence-electron chi connectivity index (χ3n) is 9.00. The fourth-order valence-electron chi connectivity index (χ4n) is 7.23.